The largest absolute Gasteiger partial charge is 0.431 e. The summed E-state index contributed by atoms with van der Waals surface area (Å²) in [5.74, 6) is 0.885. The molecule has 4 aliphatic rings. The zero-order valence-corrected chi connectivity index (χ0v) is 9.45. The van der Waals surface area contributed by atoms with Crippen LogP contribution in [-0.4, -0.2) is 29.5 Å². The second kappa shape index (κ2) is 2.70. The summed E-state index contributed by atoms with van der Waals surface area (Å²) in [5.41, 5.74) is 0.0199. The minimum absolute atomic E-state index is 0.00380. The number of rotatable bonds is 0. The van der Waals surface area contributed by atoms with E-state index >= 15 is 0 Å². The molecule has 1 saturated carbocycles. The molecule has 0 aromatic heterocycles. The molecule has 86 valence electrons. The lowest BCUT2D eigenvalue weighted by atomic mass is 9.59. The molecular weight excluding hydrogens is 202 g/mol. The first-order valence-corrected chi connectivity index (χ1v) is 6.42. The van der Waals surface area contributed by atoms with Crippen molar-refractivity contribution in [1.82, 2.24) is 4.90 Å². The van der Waals surface area contributed by atoms with Gasteiger partial charge in [-0.1, -0.05) is 13.0 Å². The summed E-state index contributed by atoms with van der Waals surface area (Å²) in [6, 6.07) is 1.01. The summed E-state index contributed by atoms with van der Waals surface area (Å²) in [6.07, 6.45) is 6.06. The molecule has 0 N–H and O–H groups in total. The van der Waals surface area contributed by atoms with Crippen LogP contribution < -0.4 is 0 Å². The van der Waals surface area contributed by atoms with Gasteiger partial charge in [0.1, 0.15) is 5.76 Å². The van der Waals surface area contributed by atoms with E-state index in [1.807, 2.05) is 0 Å². The van der Waals surface area contributed by atoms with Crippen molar-refractivity contribution in [3.05, 3.63) is 12.3 Å². The Morgan fingerprint density at radius 2 is 2.25 bits per heavy atom. The number of cyclic esters (lactones) is 1. The lowest BCUT2D eigenvalue weighted by Crippen LogP contribution is -2.50. The van der Waals surface area contributed by atoms with Crippen molar-refractivity contribution < 1.29 is 9.53 Å². The molecule has 1 spiro atoms. The highest BCUT2D eigenvalue weighted by Gasteiger charge is 2.71. The number of fused-ring (bicyclic) bond motifs is 3. The van der Waals surface area contributed by atoms with Crippen LogP contribution in [0.15, 0.2) is 12.3 Å². The molecule has 1 aliphatic carbocycles. The Balaban J connectivity index is 1.82. The molecule has 0 aromatic rings. The molecule has 3 saturated heterocycles. The summed E-state index contributed by atoms with van der Waals surface area (Å²) >= 11 is 0. The second-order valence-corrected chi connectivity index (χ2v) is 5.72. The van der Waals surface area contributed by atoms with E-state index in [-0.39, 0.29) is 17.3 Å². The maximum atomic E-state index is 12.0. The molecule has 0 amide bonds. The number of hydrogen-bond donors (Lipinski definition) is 0. The SMILES string of the molecule is C=C1OC(=O)C2C3CCCCN3C3CCC123. The van der Waals surface area contributed by atoms with Gasteiger partial charge in [-0.2, -0.15) is 0 Å². The average Bonchev–Trinajstić information content (AvgIpc) is 2.61. The second-order valence-electron chi connectivity index (χ2n) is 5.72. The van der Waals surface area contributed by atoms with Crippen LogP contribution in [0.3, 0.4) is 0 Å². The van der Waals surface area contributed by atoms with Crippen molar-refractivity contribution >= 4 is 5.97 Å². The van der Waals surface area contributed by atoms with Crippen LogP contribution in [0.25, 0.3) is 0 Å². The fourth-order valence-corrected chi connectivity index (χ4v) is 4.62. The Labute approximate surface area is 95.4 Å². The molecule has 4 unspecified atom stereocenters. The van der Waals surface area contributed by atoms with Crippen molar-refractivity contribution in [3.8, 4) is 0 Å². The fourth-order valence-electron chi connectivity index (χ4n) is 4.62. The van der Waals surface area contributed by atoms with Gasteiger partial charge in [-0.25, -0.2) is 0 Å². The zero-order valence-electron chi connectivity index (χ0n) is 9.45. The van der Waals surface area contributed by atoms with E-state index in [2.05, 4.69) is 11.5 Å². The van der Waals surface area contributed by atoms with Crippen molar-refractivity contribution in [2.75, 3.05) is 6.54 Å². The van der Waals surface area contributed by atoms with Gasteiger partial charge in [-0.05, 0) is 32.2 Å². The number of piperidine rings is 1. The predicted molar refractivity (Wildman–Crippen MR) is 58.5 cm³/mol. The summed E-state index contributed by atoms with van der Waals surface area (Å²) in [4.78, 5) is 14.6. The van der Waals surface area contributed by atoms with E-state index in [0.717, 1.165) is 12.2 Å². The number of nitrogens with zero attached hydrogens (tertiary/aromatic N) is 1. The maximum absolute atomic E-state index is 12.0. The minimum Gasteiger partial charge on any atom is -0.431 e. The van der Waals surface area contributed by atoms with E-state index in [1.165, 1.54) is 32.2 Å². The first-order valence-electron chi connectivity index (χ1n) is 6.42. The molecular formula is C13H17NO2. The van der Waals surface area contributed by atoms with Crippen LogP contribution in [-0.2, 0) is 9.53 Å². The zero-order chi connectivity index (χ0) is 10.9. The molecule has 4 fully saturated rings. The summed E-state index contributed by atoms with van der Waals surface area (Å²) in [7, 11) is 0. The van der Waals surface area contributed by atoms with Crippen LogP contribution in [0.5, 0.6) is 0 Å². The van der Waals surface area contributed by atoms with Gasteiger partial charge < -0.3 is 4.74 Å². The van der Waals surface area contributed by atoms with Crippen molar-refractivity contribution in [2.24, 2.45) is 11.3 Å². The molecule has 3 nitrogen and oxygen atoms in total. The Morgan fingerprint density at radius 1 is 1.38 bits per heavy atom. The lowest BCUT2D eigenvalue weighted by Gasteiger charge is -2.46. The standard InChI is InChI=1S/C13H17NO2/c1-8-13-6-5-10(13)14-7-3-2-4-9(14)11(13)12(15)16-8/h9-11H,1-7H2. The third-order valence-electron chi connectivity index (χ3n) is 5.36. The van der Waals surface area contributed by atoms with Gasteiger partial charge in [0.2, 0.25) is 0 Å². The third-order valence-corrected chi connectivity index (χ3v) is 5.36. The highest BCUT2D eigenvalue weighted by molar-refractivity contribution is 5.81. The smallest absolute Gasteiger partial charge is 0.316 e. The van der Waals surface area contributed by atoms with Crippen LogP contribution in [0.4, 0.5) is 0 Å². The predicted octanol–water partition coefficient (Wildman–Crippen LogP) is 1.69. The van der Waals surface area contributed by atoms with Crippen LogP contribution in [0, 0.1) is 11.3 Å². The Bertz CT molecular complexity index is 391. The number of carbonyl (C=O) groups excluding carboxylic acids is 1. The van der Waals surface area contributed by atoms with Crippen LogP contribution in [0.2, 0.25) is 0 Å². The molecule has 0 bridgehead atoms. The molecule has 0 aromatic carbocycles. The van der Waals surface area contributed by atoms with Gasteiger partial charge in [0.15, 0.2) is 0 Å². The van der Waals surface area contributed by atoms with E-state index in [4.69, 9.17) is 4.74 Å². The van der Waals surface area contributed by atoms with Gasteiger partial charge in [-0.15, -0.1) is 0 Å². The Kier molecular flexibility index (Phi) is 1.56. The minimum atomic E-state index is 0.00380. The van der Waals surface area contributed by atoms with Crippen molar-refractivity contribution in [3.63, 3.8) is 0 Å². The lowest BCUT2D eigenvalue weighted by molar-refractivity contribution is -0.140. The number of esters is 1. The van der Waals surface area contributed by atoms with Gasteiger partial charge in [0, 0.05) is 12.1 Å². The van der Waals surface area contributed by atoms with E-state index in [1.54, 1.807) is 0 Å². The van der Waals surface area contributed by atoms with Crippen molar-refractivity contribution in [1.29, 1.82) is 0 Å². The molecule has 4 atom stereocenters. The normalized spacial score (nSPS) is 50.4. The van der Waals surface area contributed by atoms with E-state index in [9.17, 15) is 4.79 Å². The van der Waals surface area contributed by atoms with Crippen LogP contribution >= 0.6 is 0 Å². The number of ether oxygens (including phenoxy) is 1. The molecule has 3 heterocycles. The summed E-state index contributed by atoms with van der Waals surface area (Å²) in [6.45, 7) is 5.18. The number of carbonyl (C=O) groups is 1. The van der Waals surface area contributed by atoms with Gasteiger partial charge >= 0.3 is 5.97 Å². The highest BCUT2D eigenvalue weighted by atomic mass is 16.5. The summed E-state index contributed by atoms with van der Waals surface area (Å²) < 4.78 is 5.34. The Morgan fingerprint density at radius 3 is 3.00 bits per heavy atom. The highest BCUT2D eigenvalue weighted by Crippen LogP contribution is 2.65. The first kappa shape index (κ1) is 9.23. The van der Waals surface area contributed by atoms with Gasteiger partial charge in [0.05, 0.1) is 11.3 Å². The van der Waals surface area contributed by atoms with Gasteiger partial charge in [0.25, 0.3) is 0 Å². The van der Waals surface area contributed by atoms with Crippen LogP contribution in [0.1, 0.15) is 32.1 Å². The van der Waals surface area contributed by atoms with E-state index < -0.39 is 0 Å². The molecule has 16 heavy (non-hydrogen) atoms. The monoisotopic (exact) mass is 219 g/mol. The fraction of sp³-hybridized carbons (Fsp3) is 0.769. The topological polar surface area (TPSA) is 29.5 Å². The molecule has 0 radical (unpaired) electrons. The first-order chi connectivity index (χ1) is 7.75. The molecule has 3 aliphatic heterocycles. The number of hydrogen-bond acceptors (Lipinski definition) is 3. The van der Waals surface area contributed by atoms with Gasteiger partial charge in [-0.3, -0.25) is 9.69 Å². The average molecular weight is 219 g/mol. The maximum Gasteiger partial charge on any atom is 0.316 e. The Hall–Kier alpha value is -0.830. The van der Waals surface area contributed by atoms with Crippen molar-refractivity contribution in [2.45, 2.75) is 44.2 Å². The molecule has 3 heteroatoms. The molecule has 4 rings (SSSR count). The quantitative estimate of drug-likeness (QED) is 0.581. The third kappa shape index (κ3) is 0.775. The summed E-state index contributed by atoms with van der Waals surface area (Å²) in [5, 5.41) is 0. The van der Waals surface area contributed by atoms with E-state index in [0.29, 0.717) is 12.1 Å².